The van der Waals surface area contributed by atoms with E-state index in [4.69, 9.17) is 15.2 Å². The number of esters is 1. The van der Waals surface area contributed by atoms with Gasteiger partial charge in [-0.15, -0.1) is 0 Å². The number of thioether (sulfide) groups is 1. The summed E-state index contributed by atoms with van der Waals surface area (Å²) in [4.78, 5) is 25.4. The molecule has 1 aliphatic carbocycles. The van der Waals surface area contributed by atoms with Crippen molar-refractivity contribution in [2.45, 2.75) is 18.6 Å². The molecule has 6 nitrogen and oxygen atoms in total. The minimum Gasteiger partial charge on any atom is -0.459 e. The van der Waals surface area contributed by atoms with E-state index in [1.807, 2.05) is 54.6 Å². The molecule has 1 atom stereocenters. The summed E-state index contributed by atoms with van der Waals surface area (Å²) in [6.45, 7) is 0.813. The fraction of sp³-hybridized carbons (Fsp3) is 0.259. The van der Waals surface area contributed by atoms with Gasteiger partial charge in [-0.2, -0.15) is 11.8 Å². The lowest BCUT2D eigenvalue weighted by Crippen LogP contribution is -2.44. The second kappa shape index (κ2) is 11.7. The van der Waals surface area contributed by atoms with Crippen LogP contribution in [0.1, 0.15) is 22.6 Å². The first-order chi connectivity index (χ1) is 16.7. The summed E-state index contributed by atoms with van der Waals surface area (Å²) >= 11 is 1.48. The molecule has 0 unspecified atom stereocenters. The number of hydrogen-bond donors (Lipinski definition) is 2. The third kappa shape index (κ3) is 5.79. The third-order valence-electron chi connectivity index (χ3n) is 5.69. The highest BCUT2D eigenvalue weighted by molar-refractivity contribution is 7.99. The molecular formula is C27H28N2O4S. The van der Waals surface area contributed by atoms with Crippen molar-refractivity contribution in [3.8, 4) is 11.1 Å². The minimum absolute atomic E-state index is 0.0479. The zero-order chi connectivity index (χ0) is 23.8. The first-order valence-corrected chi connectivity index (χ1v) is 12.4. The van der Waals surface area contributed by atoms with Crippen molar-refractivity contribution >= 4 is 23.8 Å². The molecule has 1 amide bonds. The molecule has 3 aromatic carbocycles. The van der Waals surface area contributed by atoms with Crippen molar-refractivity contribution in [3.05, 3.63) is 95.6 Å². The van der Waals surface area contributed by atoms with Crippen LogP contribution in [0.4, 0.5) is 4.79 Å². The molecule has 3 aromatic rings. The van der Waals surface area contributed by atoms with Crippen LogP contribution in [0.3, 0.4) is 0 Å². The van der Waals surface area contributed by atoms with Crippen molar-refractivity contribution in [1.82, 2.24) is 5.32 Å². The van der Waals surface area contributed by atoms with E-state index in [2.05, 4.69) is 29.6 Å². The van der Waals surface area contributed by atoms with Crippen molar-refractivity contribution in [1.29, 1.82) is 0 Å². The number of rotatable bonds is 10. The predicted octanol–water partition coefficient (Wildman–Crippen LogP) is 4.33. The molecule has 4 rings (SSSR count). The topological polar surface area (TPSA) is 90.6 Å². The van der Waals surface area contributed by atoms with Crippen molar-refractivity contribution in [2.75, 3.05) is 24.7 Å². The highest BCUT2D eigenvalue weighted by Crippen LogP contribution is 2.44. The fourth-order valence-electron chi connectivity index (χ4n) is 4.06. The van der Waals surface area contributed by atoms with Gasteiger partial charge in [-0.1, -0.05) is 78.9 Å². The Bertz CT molecular complexity index is 1080. The summed E-state index contributed by atoms with van der Waals surface area (Å²) < 4.78 is 11.0. The first kappa shape index (κ1) is 23.9. The second-order valence-corrected chi connectivity index (χ2v) is 9.13. The molecule has 7 heteroatoms. The Labute approximate surface area is 203 Å². The van der Waals surface area contributed by atoms with Gasteiger partial charge in [0.15, 0.2) is 0 Å². The summed E-state index contributed by atoms with van der Waals surface area (Å²) in [5.74, 6) is 0.485. The number of benzene rings is 3. The van der Waals surface area contributed by atoms with Crippen LogP contribution in [0.15, 0.2) is 78.9 Å². The predicted molar refractivity (Wildman–Crippen MR) is 135 cm³/mol. The fourth-order valence-corrected chi connectivity index (χ4v) is 4.85. The van der Waals surface area contributed by atoms with Crippen molar-refractivity contribution < 1.29 is 19.1 Å². The Morgan fingerprint density at radius 3 is 2.15 bits per heavy atom. The molecule has 176 valence electrons. The molecule has 3 N–H and O–H groups in total. The van der Waals surface area contributed by atoms with Gasteiger partial charge in [0.25, 0.3) is 0 Å². The van der Waals surface area contributed by atoms with E-state index in [0.717, 1.165) is 27.8 Å². The number of carbonyl (C=O) groups is 2. The molecule has 0 radical (unpaired) electrons. The van der Waals surface area contributed by atoms with Gasteiger partial charge in [-0.3, -0.25) is 0 Å². The quantitative estimate of drug-likeness (QED) is 0.334. The van der Waals surface area contributed by atoms with Gasteiger partial charge in [0, 0.05) is 24.0 Å². The number of ether oxygens (including phenoxy) is 2. The maximum Gasteiger partial charge on any atom is 0.407 e. The average Bonchev–Trinajstić information content (AvgIpc) is 3.20. The summed E-state index contributed by atoms with van der Waals surface area (Å²) in [6.07, 6.45) is -0.642. The number of nitrogens with one attached hydrogen (secondary N) is 1. The van der Waals surface area contributed by atoms with E-state index in [1.54, 1.807) is 0 Å². The van der Waals surface area contributed by atoms with E-state index in [0.29, 0.717) is 18.1 Å². The summed E-state index contributed by atoms with van der Waals surface area (Å²) in [5, 5.41) is 2.69. The van der Waals surface area contributed by atoms with E-state index in [-0.39, 0.29) is 19.1 Å². The van der Waals surface area contributed by atoms with Gasteiger partial charge in [0.1, 0.15) is 19.3 Å². The number of amides is 1. The summed E-state index contributed by atoms with van der Waals surface area (Å²) in [5.41, 5.74) is 11.0. The smallest absolute Gasteiger partial charge is 0.407 e. The van der Waals surface area contributed by atoms with Gasteiger partial charge in [-0.25, -0.2) is 9.59 Å². The van der Waals surface area contributed by atoms with Crippen LogP contribution >= 0.6 is 11.8 Å². The van der Waals surface area contributed by atoms with Crippen LogP contribution < -0.4 is 11.1 Å². The Kier molecular flexibility index (Phi) is 8.22. The largest absolute Gasteiger partial charge is 0.459 e. The molecule has 0 aromatic heterocycles. The van der Waals surface area contributed by atoms with Crippen LogP contribution in [0.5, 0.6) is 0 Å². The SMILES string of the molecule is NCCSC[C@H](NC(=O)OCC1c2ccccc2-c2ccccc21)C(=O)OCc1ccccc1. The maximum atomic E-state index is 12.7. The van der Waals surface area contributed by atoms with Crippen LogP contribution in [0.2, 0.25) is 0 Å². The van der Waals surface area contributed by atoms with Crippen LogP contribution in [-0.4, -0.2) is 42.8 Å². The van der Waals surface area contributed by atoms with E-state index < -0.39 is 18.1 Å². The second-order valence-electron chi connectivity index (χ2n) is 7.98. The molecule has 0 aliphatic heterocycles. The number of alkyl carbamates (subject to hydrolysis) is 1. The van der Waals surface area contributed by atoms with Crippen molar-refractivity contribution in [2.24, 2.45) is 5.73 Å². The Morgan fingerprint density at radius 1 is 0.882 bits per heavy atom. The van der Waals surface area contributed by atoms with E-state index in [1.165, 1.54) is 11.8 Å². The van der Waals surface area contributed by atoms with Crippen LogP contribution in [0.25, 0.3) is 11.1 Å². The third-order valence-corrected chi connectivity index (χ3v) is 6.78. The first-order valence-electron chi connectivity index (χ1n) is 11.3. The molecule has 34 heavy (non-hydrogen) atoms. The lowest BCUT2D eigenvalue weighted by molar-refractivity contribution is -0.146. The molecule has 0 saturated carbocycles. The lowest BCUT2D eigenvalue weighted by Gasteiger charge is -2.19. The van der Waals surface area contributed by atoms with Crippen molar-refractivity contribution in [3.63, 3.8) is 0 Å². The number of hydrogen-bond acceptors (Lipinski definition) is 6. The Morgan fingerprint density at radius 2 is 1.50 bits per heavy atom. The standard InChI is InChI=1S/C27H28N2O4S/c28-14-15-34-18-25(26(30)32-16-19-8-2-1-3-9-19)29-27(31)33-17-24-22-12-6-4-10-20(22)21-11-5-7-13-23(21)24/h1-13,24-25H,14-18,28H2,(H,29,31)/t25-/m0/s1. The van der Waals surface area contributed by atoms with E-state index in [9.17, 15) is 9.59 Å². The molecular weight excluding hydrogens is 448 g/mol. The highest BCUT2D eigenvalue weighted by atomic mass is 32.2. The Balaban J connectivity index is 1.37. The zero-order valence-electron chi connectivity index (χ0n) is 18.8. The van der Waals surface area contributed by atoms with Crippen LogP contribution in [0, 0.1) is 0 Å². The monoisotopic (exact) mass is 476 g/mol. The molecule has 0 heterocycles. The average molecular weight is 477 g/mol. The molecule has 0 bridgehead atoms. The zero-order valence-corrected chi connectivity index (χ0v) is 19.6. The summed E-state index contributed by atoms with van der Waals surface area (Å²) in [6, 6.07) is 24.9. The van der Waals surface area contributed by atoms with Gasteiger partial charge in [0.05, 0.1) is 0 Å². The molecule has 0 fully saturated rings. The summed E-state index contributed by atoms with van der Waals surface area (Å²) in [7, 11) is 0. The lowest BCUT2D eigenvalue weighted by atomic mass is 9.98. The van der Waals surface area contributed by atoms with Gasteiger partial charge < -0.3 is 20.5 Å². The minimum atomic E-state index is -0.823. The number of carbonyl (C=O) groups excluding carboxylic acids is 2. The maximum absolute atomic E-state index is 12.7. The van der Waals surface area contributed by atoms with Gasteiger partial charge in [-0.05, 0) is 27.8 Å². The Hall–Kier alpha value is -3.29. The molecule has 0 spiro atoms. The normalized spacial score (nSPS) is 13.0. The van der Waals surface area contributed by atoms with E-state index >= 15 is 0 Å². The molecule has 0 saturated heterocycles. The van der Waals surface area contributed by atoms with Gasteiger partial charge in [0.2, 0.25) is 0 Å². The van der Waals surface area contributed by atoms with Crippen LogP contribution in [-0.2, 0) is 20.9 Å². The highest BCUT2D eigenvalue weighted by Gasteiger charge is 2.30. The number of fused-ring (bicyclic) bond motifs is 3. The van der Waals surface area contributed by atoms with Gasteiger partial charge >= 0.3 is 12.1 Å². The number of nitrogens with two attached hydrogens (primary N) is 1. The molecule has 1 aliphatic rings.